The maximum atomic E-state index is 8.49. The molecule has 0 aliphatic heterocycles. The van der Waals surface area contributed by atoms with Crippen molar-refractivity contribution in [2.45, 2.75) is 0 Å². The second kappa shape index (κ2) is 9.35. The molecule has 12 heavy (non-hydrogen) atoms. The Morgan fingerprint density at radius 3 is 0.500 bits per heavy atom. The van der Waals surface area contributed by atoms with Gasteiger partial charge in [-0.1, -0.05) is 0 Å². The van der Waals surface area contributed by atoms with Gasteiger partial charge in [-0.3, -0.25) is 0 Å². The van der Waals surface area contributed by atoms with Crippen LogP contribution in [0.1, 0.15) is 0 Å². The van der Waals surface area contributed by atoms with Gasteiger partial charge in [0.1, 0.15) is 0 Å². The average molecular weight is 354 g/mol. The van der Waals surface area contributed by atoms with Gasteiger partial charge >= 0.3 is 48.9 Å². The van der Waals surface area contributed by atoms with Gasteiger partial charge in [-0.25, -0.2) is 37.3 Å². The van der Waals surface area contributed by atoms with E-state index in [1.54, 1.807) is 0 Å². The quantitative estimate of drug-likeness (QED) is 0.379. The Kier molecular flexibility index (Phi) is 18.3. The third kappa shape index (κ3) is 428. The summed E-state index contributed by atoms with van der Waals surface area (Å²) in [5.41, 5.74) is 0. The Labute approximate surface area is 111 Å². The van der Waals surface area contributed by atoms with Crippen LogP contribution in [0.4, 0.5) is 0 Å². The van der Waals surface area contributed by atoms with Gasteiger partial charge in [0, 0.05) is 0 Å². The number of hydrogen-bond donors (Lipinski definition) is 0. The van der Waals surface area contributed by atoms with E-state index in [4.69, 9.17) is 37.3 Å². The molecule has 0 spiro atoms. The largest absolute Gasteiger partial charge is 2.00 e. The summed E-state index contributed by atoms with van der Waals surface area (Å²) in [5, 5.41) is 0. The molecule has 9 nitrogen and oxygen atoms in total. The van der Waals surface area contributed by atoms with Crippen LogP contribution in [0.3, 0.4) is 0 Å². The predicted octanol–water partition coefficient (Wildman–Crippen LogP) is -10.7. The first-order valence-electron chi connectivity index (χ1n) is 1.23. The van der Waals surface area contributed by atoms with Crippen LogP contribution in [0.2, 0.25) is 0 Å². The van der Waals surface area contributed by atoms with Crippen molar-refractivity contribution in [3.63, 3.8) is 0 Å². The van der Waals surface area contributed by atoms with Crippen LogP contribution < -0.4 is 37.3 Å². The Morgan fingerprint density at radius 2 is 0.500 bits per heavy atom. The summed E-state index contributed by atoms with van der Waals surface area (Å²) >= 11 is 0. The number of halogens is 2. The average Bonchev–Trinajstić information content (AvgIpc) is 1.12. The maximum Gasteiger partial charge on any atom is 2.00 e. The fraction of sp³-hybridized carbons (Fsp3) is 0. The fourth-order valence-electron chi connectivity index (χ4n) is 0. The van der Waals surface area contributed by atoms with Crippen molar-refractivity contribution in [1.82, 2.24) is 0 Å². The van der Waals surface area contributed by atoms with Crippen molar-refractivity contribution < 1.29 is 63.2 Å². The molecule has 0 aliphatic carbocycles. The van der Waals surface area contributed by atoms with E-state index in [-0.39, 0.29) is 54.4 Å². The van der Waals surface area contributed by atoms with Crippen LogP contribution in [0.25, 0.3) is 0 Å². The molecule has 0 atom stereocenters. The molecule has 0 aromatic carbocycles. The van der Waals surface area contributed by atoms with Gasteiger partial charge in [0.25, 0.3) is 0 Å². The molecule has 0 fully saturated rings. The number of rotatable bonds is 0. The molecule has 0 aromatic heterocycles. The molecule has 0 amide bonds. The minimum absolute atomic E-state index is 0. The smallest absolute Gasteiger partial charge is 0.412 e. The molecule has 0 bridgehead atoms. The fourth-order valence-corrected chi connectivity index (χ4v) is 0. The molecule has 0 rings (SSSR count). The normalized spacial score (nSPS) is 10.0. The maximum absolute atomic E-state index is 8.49. The van der Waals surface area contributed by atoms with Crippen molar-refractivity contribution in [3.05, 3.63) is 0 Å². The standard InChI is InChI=1S/Ba.2ClHO4.H2O/c;2*2-1(3,4)5;/h;2*(H,2,3,4,5);1H2/q+2;;;/p-2. The van der Waals surface area contributed by atoms with Crippen LogP contribution >= 0.6 is 0 Å². The summed E-state index contributed by atoms with van der Waals surface area (Å²) in [6.45, 7) is 0. The SMILES string of the molecule is O.[Ba+2].[O-][Cl+3]([O-])([O-])[O-].[O-][Cl+3]([O-])([O-])[O-]. The summed E-state index contributed by atoms with van der Waals surface area (Å²) < 4.78 is 67.9. The monoisotopic (exact) mass is 354 g/mol. The number of hydrogen-bond acceptors (Lipinski definition) is 8. The summed E-state index contributed by atoms with van der Waals surface area (Å²) in [5.74, 6) is 0. The minimum atomic E-state index is -4.94. The van der Waals surface area contributed by atoms with Crippen LogP contribution in [-0.4, -0.2) is 54.4 Å². The Morgan fingerprint density at radius 1 is 0.500 bits per heavy atom. The van der Waals surface area contributed by atoms with Crippen molar-refractivity contribution >= 4 is 48.9 Å². The molecule has 0 heterocycles. The first-order valence-corrected chi connectivity index (χ1v) is 3.70. The Balaban J connectivity index is -0.0000000457. The molecule has 12 heteroatoms. The van der Waals surface area contributed by atoms with E-state index in [0.717, 1.165) is 0 Å². The van der Waals surface area contributed by atoms with Gasteiger partial charge in [-0.15, -0.1) is 20.5 Å². The third-order valence-electron chi connectivity index (χ3n) is 0. The van der Waals surface area contributed by atoms with Crippen molar-refractivity contribution in [2.75, 3.05) is 0 Å². The van der Waals surface area contributed by atoms with Gasteiger partial charge in [0.2, 0.25) is 0 Å². The van der Waals surface area contributed by atoms with E-state index in [9.17, 15) is 0 Å². The molecule has 0 radical (unpaired) electrons. The van der Waals surface area contributed by atoms with Gasteiger partial charge in [-0.2, -0.15) is 0 Å². The summed E-state index contributed by atoms with van der Waals surface area (Å²) in [6.07, 6.45) is 0. The van der Waals surface area contributed by atoms with Gasteiger partial charge < -0.3 is 5.48 Å². The first-order chi connectivity index (χ1) is 4.00. The molecule has 0 aromatic rings. The van der Waals surface area contributed by atoms with E-state index in [2.05, 4.69) is 0 Å². The second-order valence-electron chi connectivity index (χ2n) is 0.756. The van der Waals surface area contributed by atoms with E-state index >= 15 is 0 Å². The topological polar surface area (TPSA) is 216 Å². The zero-order valence-electron chi connectivity index (χ0n) is 5.23. The zero-order valence-corrected chi connectivity index (χ0v) is 11.2. The Bertz CT molecular complexity index is 55.5. The van der Waals surface area contributed by atoms with E-state index in [1.807, 2.05) is 0 Å². The van der Waals surface area contributed by atoms with Crippen LogP contribution in [0, 0.1) is 20.5 Å². The molecular weight excluding hydrogens is 352 g/mol. The van der Waals surface area contributed by atoms with Crippen LogP contribution in [0.5, 0.6) is 0 Å². The van der Waals surface area contributed by atoms with E-state index in [1.165, 1.54) is 0 Å². The molecular formula is H2BaCl2O9. The first kappa shape index (κ1) is 23.5. The van der Waals surface area contributed by atoms with Gasteiger partial charge in [0.05, 0.1) is 0 Å². The second-order valence-corrected chi connectivity index (χ2v) is 2.27. The van der Waals surface area contributed by atoms with E-state index < -0.39 is 20.5 Å². The van der Waals surface area contributed by atoms with Crippen molar-refractivity contribution in [2.24, 2.45) is 0 Å². The molecule has 0 saturated carbocycles. The summed E-state index contributed by atoms with van der Waals surface area (Å²) in [6, 6.07) is 0. The van der Waals surface area contributed by atoms with Crippen molar-refractivity contribution in [1.29, 1.82) is 0 Å². The van der Waals surface area contributed by atoms with Gasteiger partial charge in [-0.05, 0) is 0 Å². The van der Waals surface area contributed by atoms with Gasteiger partial charge in [0.15, 0.2) is 0 Å². The summed E-state index contributed by atoms with van der Waals surface area (Å²) in [4.78, 5) is 0. The van der Waals surface area contributed by atoms with E-state index in [0.29, 0.717) is 0 Å². The zero-order chi connectivity index (χ0) is 9.00. The molecule has 72 valence electrons. The Hall–Kier alpha value is 1.79. The van der Waals surface area contributed by atoms with Crippen LogP contribution in [-0.2, 0) is 0 Å². The molecule has 0 saturated heterocycles. The van der Waals surface area contributed by atoms with Crippen LogP contribution in [0.15, 0.2) is 0 Å². The third-order valence-corrected chi connectivity index (χ3v) is 0. The van der Waals surface area contributed by atoms with Crippen molar-refractivity contribution in [3.8, 4) is 0 Å². The predicted molar refractivity (Wildman–Crippen MR) is 9.37 cm³/mol. The molecule has 0 aliphatic rings. The molecule has 2 N–H and O–H groups in total. The molecule has 0 unspecified atom stereocenters. The summed E-state index contributed by atoms with van der Waals surface area (Å²) in [7, 11) is -9.89. The minimum Gasteiger partial charge on any atom is -0.412 e.